The Morgan fingerprint density at radius 3 is 2.52 bits per heavy atom. The van der Waals surface area contributed by atoms with Crippen LogP contribution in [0.1, 0.15) is 31.7 Å². The maximum Gasteiger partial charge on any atom is 0.417 e. The standard InChI is InChI=1S/C19H25F3N2O4S/c1-2-28-18(25)16-11-14(12-24(16)13-7-9-23-10-8-13)29(26,27)17-6-4-3-5-15(17)19(20,21)22/h3-6,13-14,16,23H,2,7-12H2,1H3. The highest BCUT2D eigenvalue weighted by Crippen LogP contribution is 2.38. The highest BCUT2D eigenvalue weighted by atomic mass is 32.2. The third-order valence-corrected chi connectivity index (χ3v) is 7.76. The Morgan fingerprint density at radius 2 is 1.90 bits per heavy atom. The van der Waals surface area contributed by atoms with E-state index in [-0.39, 0.29) is 25.6 Å². The highest BCUT2D eigenvalue weighted by Gasteiger charge is 2.48. The highest BCUT2D eigenvalue weighted by molar-refractivity contribution is 7.92. The summed E-state index contributed by atoms with van der Waals surface area (Å²) in [5.74, 6) is -0.521. The van der Waals surface area contributed by atoms with Gasteiger partial charge in [0.25, 0.3) is 0 Å². The van der Waals surface area contributed by atoms with E-state index in [9.17, 15) is 26.4 Å². The number of likely N-dealkylation sites (tertiary alicyclic amines) is 1. The lowest BCUT2D eigenvalue weighted by Gasteiger charge is -2.34. The summed E-state index contributed by atoms with van der Waals surface area (Å²) >= 11 is 0. The molecule has 2 unspecified atom stereocenters. The molecule has 0 aliphatic carbocycles. The molecule has 0 saturated carbocycles. The van der Waals surface area contributed by atoms with Crippen molar-refractivity contribution >= 4 is 15.8 Å². The number of piperidine rings is 1. The van der Waals surface area contributed by atoms with E-state index in [1.54, 1.807) is 6.92 Å². The molecule has 2 aliphatic heterocycles. The van der Waals surface area contributed by atoms with Gasteiger partial charge in [-0.05, 0) is 51.4 Å². The molecule has 2 aliphatic rings. The van der Waals surface area contributed by atoms with E-state index in [2.05, 4.69) is 5.32 Å². The van der Waals surface area contributed by atoms with Crippen LogP contribution in [0, 0.1) is 0 Å². The van der Waals surface area contributed by atoms with Crippen LogP contribution in [0.25, 0.3) is 0 Å². The fourth-order valence-corrected chi connectivity index (χ4v) is 6.11. The van der Waals surface area contributed by atoms with Crippen LogP contribution in [-0.4, -0.2) is 62.9 Å². The van der Waals surface area contributed by atoms with Crippen molar-refractivity contribution in [1.29, 1.82) is 0 Å². The number of ether oxygens (including phenoxy) is 1. The van der Waals surface area contributed by atoms with Crippen LogP contribution in [0.5, 0.6) is 0 Å². The summed E-state index contributed by atoms with van der Waals surface area (Å²) in [7, 11) is -4.29. The second-order valence-electron chi connectivity index (χ2n) is 7.34. The number of rotatable bonds is 5. The quantitative estimate of drug-likeness (QED) is 0.717. The molecule has 6 nitrogen and oxygen atoms in total. The van der Waals surface area contributed by atoms with Gasteiger partial charge in [0, 0.05) is 12.6 Å². The normalized spacial score (nSPS) is 24.6. The zero-order valence-corrected chi connectivity index (χ0v) is 16.9. The molecule has 10 heteroatoms. The van der Waals surface area contributed by atoms with E-state index in [1.807, 2.05) is 4.90 Å². The number of benzene rings is 1. The number of hydrogen-bond donors (Lipinski definition) is 1. The second-order valence-corrected chi connectivity index (χ2v) is 9.54. The minimum absolute atomic E-state index is 0.0104. The largest absolute Gasteiger partial charge is 0.465 e. The molecule has 29 heavy (non-hydrogen) atoms. The van der Waals surface area contributed by atoms with Gasteiger partial charge in [-0.1, -0.05) is 12.1 Å². The van der Waals surface area contributed by atoms with Crippen molar-refractivity contribution in [2.75, 3.05) is 26.2 Å². The van der Waals surface area contributed by atoms with Crippen molar-refractivity contribution in [3.63, 3.8) is 0 Å². The first-order valence-corrected chi connectivity index (χ1v) is 11.2. The van der Waals surface area contributed by atoms with Gasteiger partial charge >= 0.3 is 12.1 Å². The number of sulfone groups is 1. The van der Waals surface area contributed by atoms with Crippen LogP contribution in [0.4, 0.5) is 13.2 Å². The average Bonchev–Trinajstić information content (AvgIpc) is 3.15. The van der Waals surface area contributed by atoms with Crippen LogP contribution < -0.4 is 5.32 Å². The molecule has 1 aromatic rings. The van der Waals surface area contributed by atoms with Gasteiger partial charge in [-0.25, -0.2) is 8.42 Å². The molecule has 2 fully saturated rings. The maximum atomic E-state index is 13.4. The van der Waals surface area contributed by atoms with E-state index in [1.165, 1.54) is 12.1 Å². The van der Waals surface area contributed by atoms with Gasteiger partial charge in [0.1, 0.15) is 6.04 Å². The molecule has 0 bridgehead atoms. The van der Waals surface area contributed by atoms with Crippen molar-refractivity contribution in [3.05, 3.63) is 29.8 Å². The van der Waals surface area contributed by atoms with E-state index in [0.29, 0.717) is 0 Å². The maximum absolute atomic E-state index is 13.4. The number of esters is 1. The van der Waals surface area contributed by atoms with E-state index < -0.39 is 43.7 Å². The number of nitrogens with one attached hydrogen (secondary N) is 1. The molecule has 0 aromatic heterocycles. The lowest BCUT2D eigenvalue weighted by atomic mass is 10.0. The molecule has 0 radical (unpaired) electrons. The summed E-state index contributed by atoms with van der Waals surface area (Å²) in [4.78, 5) is 13.6. The van der Waals surface area contributed by atoms with E-state index in [0.717, 1.165) is 38.1 Å². The number of nitrogens with zero attached hydrogens (tertiary/aromatic N) is 1. The Hall–Kier alpha value is -1.65. The fourth-order valence-electron chi connectivity index (χ4n) is 4.19. The smallest absolute Gasteiger partial charge is 0.417 e. The molecule has 0 amide bonds. The molecule has 0 spiro atoms. The first-order chi connectivity index (χ1) is 13.7. The second kappa shape index (κ2) is 8.61. The summed E-state index contributed by atoms with van der Waals surface area (Å²) < 4.78 is 71.6. The predicted octanol–water partition coefficient (Wildman–Crippen LogP) is 2.24. The summed E-state index contributed by atoms with van der Waals surface area (Å²) in [6.07, 6.45) is -3.38. The molecular weight excluding hydrogens is 409 g/mol. The molecule has 3 rings (SSSR count). The molecule has 2 saturated heterocycles. The molecule has 162 valence electrons. The van der Waals surface area contributed by atoms with Crippen LogP contribution in [0.2, 0.25) is 0 Å². The van der Waals surface area contributed by atoms with Crippen molar-refractivity contribution in [3.8, 4) is 0 Å². The van der Waals surface area contributed by atoms with Crippen LogP contribution in [0.15, 0.2) is 29.2 Å². The molecule has 2 atom stereocenters. The zero-order chi connectivity index (χ0) is 21.2. The van der Waals surface area contributed by atoms with E-state index in [4.69, 9.17) is 4.74 Å². The molecular formula is C19H25F3N2O4S. The van der Waals surface area contributed by atoms with Crippen LogP contribution in [-0.2, 0) is 25.5 Å². The van der Waals surface area contributed by atoms with Gasteiger partial charge in [-0.15, -0.1) is 0 Å². The Morgan fingerprint density at radius 1 is 1.24 bits per heavy atom. The van der Waals surface area contributed by atoms with Crippen LogP contribution >= 0.6 is 0 Å². The summed E-state index contributed by atoms with van der Waals surface area (Å²) in [6, 6.07) is 3.43. The summed E-state index contributed by atoms with van der Waals surface area (Å²) in [5.41, 5.74) is -1.17. The zero-order valence-electron chi connectivity index (χ0n) is 16.1. The number of halogens is 3. The molecule has 1 N–H and O–H groups in total. The fraction of sp³-hybridized carbons (Fsp3) is 0.632. The summed E-state index contributed by atoms with van der Waals surface area (Å²) in [6.45, 7) is 3.32. The van der Waals surface area contributed by atoms with Gasteiger partial charge in [0.2, 0.25) is 0 Å². The molecule has 2 heterocycles. The first-order valence-electron chi connectivity index (χ1n) is 9.69. The lowest BCUT2D eigenvalue weighted by Crippen LogP contribution is -2.48. The monoisotopic (exact) mass is 434 g/mol. The van der Waals surface area contributed by atoms with Crippen molar-refractivity contribution in [2.45, 2.75) is 54.6 Å². The van der Waals surface area contributed by atoms with Crippen LogP contribution in [0.3, 0.4) is 0 Å². The third-order valence-electron chi connectivity index (χ3n) is 5.58. The number of hydrogen-bond acceptors (Lipinski definition) is 6. The number of carbonyl (C=O) groups is 1. The SMILES string of the molecule is CCOC(=O)C1CC(S(=O)(=O)c2ccccc2C(F)(F)F)CN1C1CCNCC1. The number of alkyl halides is 3. The summed E-state index contributed by atoms with van der Waals surface area (Å²) in [5, 5.41) is 2.11. The van der Waals surface area contributed by atoms with Crippen molar-refractivity contribution < 1.29 is 31.1 Å². The first kappa shape index (κ1) is 22.0. The Balaban J connectivity index is 1.93. The Labute approximate surface area is 168 Å². The van der Waals surface area contributed by atoms with Crippen molar-refractivity contribution in [1.82, 2.24) is 10.2 Å². The van der Waals surface area contributed by atoms with Gasteiger partial charge in [-0.3, -0.25) is 9.69 Å². The van der Waals surface area contributed by atoms with Crippen molar-refractivity contribution in [2.24, 2.45) is 0 Å². The van der Waals surface area contributed by atoms with Gasteiger partial charge in [0.15, 0.2) is 9.84 Å². The third kappa shape index (κ3) is 4.59. The topological polar surface area (TPSA) is 75.7 Å². The van der Waals surface area contributed by atoms with Gasteiger partial charge < -0.3 is 10.1 Å². The number of carbonyl (C=O) groups excluding carboxylic acids is 1. The minimum Gasteiger partial charge on any atom is -0.465 e. The predicted molar refractivity (Wildman–Crippen MR) is 100 cm³/mol. The minimum atomic E-state index is -4.78. The van der Waals surface area contributed by atoms with Gasteiger partial charge in [-0.2, -0.15) is 13.2 Å². The average molecular weight is 434 g/mol. The molecule has 1 aromatic carbocycles. The lowest BCUT2D eigenvalue weighted by molar-refractivity contribution is -0.149. The Bertz CT molecular complexity index is 838. The Kier molecular flexibility index (Phi) is 6.54. The van der Waals surface area contributed by atoms with E-state index >= 15 is 0 Å². The van der Waals surface area contributed by atoms with Gasteiger partial charge in [0.05, 0.1) is 22.3 Å².